The topological polar surface area (TPSA) is 42.0 Å². The highest BCUT2D eigenvalue weighted by Crippen LogP contribution is 2.37. The smallest absolute Gasteiger partial charge is 0.251 e. The van der Waals surface area contributed by atoms with E-state index >= 15 is 0 Å². The van der Waals surface area contributed by atoms with Gasteiger partial charge in [-0.1, -0.05) is 24.3 Å². The Bertz CT molecular complexity index is 1200. The van der Waals surface area contributed by atoms with Gasteiger partial charge in [0, 0.05) is 23.7 Å². The lowest BCUT2D eigenvalue weighted by atomic mass is 9.90. The minimum Gasteiger partial charge on any atom is -0.348 e. The van der Waals surface area contributed by atoms with E-state index in [1.54, 1.807) is 18.3 Å². The molecule has 130 valence electrons. The van der Waals surface area contributed by atoms with Crippen LogP contribution < -0.4 is 5.32 Å². The van der Waals surface area contributed by atoms with Gasteiger partial charge in [0.15, 0.2) is 0 Å². The van der Waals surface area contributed by atoms with Crippen LogP contribution >= 0.6 is 0 Å². The van der Waals surface area contributed by atoms with E-state index < -0.39 is 0 Å². The van der Waals surface area contributed by atoms with E-state index in [9.17, 15) is 9.18 Å². The molecule has 0 unspecified atom stereocenters. The Balaban J connectivity index is 1.76. The molecule has 3 aromatic carbocycles. The summed E-state index contributed by atoms with van der Waals surface area (Å²) in [6.07, 6.45) is 1.78. The van der Waals surface area contributed by atoms with Crippen LogP contribution in [0.2, 0.25) is 0 Å². The number of nitrogens with zero attached hydrogens (tertiary/aromatic N) is 1. The van der Waals surface area contributed by atoms with Crippen LogP contribution in [-0.4, -0.2) is 10.9 Å². The number of aromatic nitrogens is 1. The molecule has 4 heteroatoms. The minimum atomic E-state index is -0.281. The number of nitrogens with one attached hydrogen (secondary N) is 1. The molecular weight excluding hydrogens is 339 g/mol. The Morgan fingerprint density at radius 1 is 0.852 bits per heavy atom. The highest BCUT2D eigenvalue weighted by atomic mass is 19.1. The molecule has 1 aliphatic rings. The highest BCUT2D eigenvalue weighted by Gasteiger charge is 2.22. The van der Waals surface area contributed by atoms with E-state index in [1.165, 1.54) is 12.1 Å². The van der Waals surface area contributed by atoms with Crippen LogP contribution in [0.5, 0.6) is 0 Å². The average Bonchev–Trinajstić information content (AvgIpc) is 3.07. The first-order valence-electron chi connectivity index (χ1n) is 8.75. The standard InChI is InChI=1S/C23H15FN2O/c24-18-6-3-14(4-7-18)20-12-21-17(13-26-23(21)27)11-19(20)15-5-8-22-16(10-15)2-1-9-25-22/h1-12H,13H2,(H,26,27). The van der Waals surface area contributed by atoms with Gasteiger partial charge >= 0.3 is 0 Å². The predicted octanol–water partition coefficient (Wildman–Crippen LogP) is 4.95. The molecule has 1 aliphatic heterocycles. The first-order chi connectivity index (χ1) is 13.2. The van der Waals surface area contributed by atoms with E-state index in [-0.39, 0.29) is 11.7 Å². The normalized spacial score (nSPS) is 12.9. The summed E-state index contributed by atoms with van der Waals surface area (Å²) < 4.78 is 13.4. The molecular formula is C23H15FN2O. The third-order valence-electron chi connectivity index (χ3n) is 5.00. The van der Waals surface area contributed by atoms with Gasteiger partial charge in [-0.2, -0.15) is 0 Å². The zero-order valence-corrected chi connectivity index (χ0v) is 14.4. The Morgan fingerprint density at radius 2 is 1.63 bits per heavy atom. The van der Waals surface area contributed by atoms with Crippen molar-refractivity contribution in [2.45, 2.75) is 6.54 Å². The molecule has 4 aromatic rings. The first kappa shape index (κ1) is 15.7. The second-order valence-corrected chi connectivity index (χ2v) is 6.66. The Hall–Kier alpha value is -3.53. The summed E-state index contributed by atoms with van der Waals surface area (Å²) in [4.78, 5) is 16.5. The number of hydrogen-bond donors (Lipinski definition) is 1. The fourth-order valence-corrected chi connectivity index (χ4v) is 3.62. The summed E-state index contributed by atoms with van der Waals surface area (Å²) in [5, 5.41) is 3.92. The van der Waals surface area contributed by atoms with Gasteiger partial charge in [0.05, 0.1) is 5.52 Å². The number of rotatable bonds is 2. The summed E-state index contributed by atoms with van der Waals surface area (Å²) >= 11 is 0. The molecule has 0 saturated heterocycles. The summed E-state index contributed by atoms with van der Waals surface area (Å²) in [5.74, 6) is -0.349. The number of fused-ring (bicyclic) bond motifs is 2. The molecule has 1 amide bonds. The second-order valence-electron chi connectivity index (χ2n) is 6.66. The van der Waals surface area contributed by atoms with Gasteiger partial charge in [-0.25, -0.2) is 4.39 Å². The van der Waals surface area contributed by atoms with Gasteiger partial charge in [-0.15, -0.1) is 0 Å². The van der Waals surface area contributed by atoms with Crippen LogP contribution in [0.25, 0.3) is 33.2 Å². The van der Waals surface area contributed by atoms with Crippen molar-refractivity contribution in [3.8, 4) is 22.3 Å². The molecule has 0 bridgehead atoms. The predicted molar refractivity (Wildman–Crippen MR) is 104 cm³/mol. The fourth-order valence-electron chi connectivity index (χ4n) is 3.62. The van der Waals surface area contributed by atoms with Crippen molar-refractivity contribution < 1.29 is 9.18 Å². The number of hydrogen-bond acceptors (Lipinski definition) is 2. The van der Waals surface area contributed by atoms with E-state index in [2.05, 4.69) is 22.4 Å². The molecule has 0 aliphatic carbocycles. The van der Waals surface area contributed by atoms with Crippen molar-refractivity contribution in [3.63, 3.8) is 0 Å². The summed E-state index contributed by atoms with van der Waals surface area (Å²) in [5.41, 5.74) is 6.43. The Kier molecular flexibility index (Phi) is 3.50. The van der Waals surface area contributed by atoms with Crippen molar-refractivity contribution in [1.29, 1.82) is 0 Å². The second kappa shape index (κ2) is 6.02. The lowest BCUT2D eigenvalue weighted by molar-refractivity contribution is 0.0966. The molecule has 2 heterocycles. The van der Waals surface area contributed by atoms with Crippen molar-refractivity contribution in [2.75, 3.05) is 0 Å². The number of halogens is 1. The van der Waals surface area contributed by atoms with E-state index in [1.807, 2.05) is 30.3 Å². The van der Waals surface area contributed by atoms with Gasteiger partial charge in [-0.05, 0) is 70.3 Å². The third-order valence-corrected chi connectivity index (χ3v) is 5.00. The average molecular weight is 354 g/mol. The van der Waals surface area contributed by atoms with Crippen LogP contribution in [0.3, 0.4) is 0 Å². The summed E-state index contributed by atoms with van der Waals surface area (Å²) in [6, 6.07) is 20.4. The van der Waals surface area contributed by atoms with Crippen LogP contribution in [0.4, 0.5) is 4.39 Å². The molecule has 0 atom stereocenters. The van der Waals surface area contributed by atoms with Crippen LogP contribution in [0.15, 0.2) is 72.9 Å². The zero-order valence-electron chi connectivity index (χ0n) is 14.4. The molecule has 1 N–H and O–H groups in total. The number of carbonyl (C=O) groups excluding carboxylic acids is 1. The van der Waals surface area contributed by atoms with E-state index in [0.717, 1.165) is 38.7 Å². The molecule has 0 radical (unpaired) electrons. The van der Waals surface area contributed by atoms with Gasteiger partial charge < -0.3 is 5.32 Å². The maximum Gasteiger partial charge on any atom is 0.251 e. The Labute approximate surface area is 155 Å². The molecule has 0 fully saturated rings. The van der Waals surface area contributed by atoms with Crippen LogP contribution in [0, 0.1) is 5.82 Å². The summed E-state index contributed by atoms with van der Waals surface area (Å²) in [7, 11) is 0. The monoisotopic (exact) mass is 354 g/mol. The van der Waals surface area contributed by atoms with Gasteiger partial charge in [0.2, 0.25) is 0 Å². The molecule has 3 nitrogen and oxygen atoms in total. The van der Waals surface area contributed by atoms with Crippen molar-refractivity contribution in [1.82, 2.24) is 10.3 Å². The quantitative estimate of drug-likeness (QED) is 0.553. The van der Waals surface area contributed by atoms with E-state index in [0.29, 0.717) is 12.1 Å². The first-order valence-corrected chi connectivity index (χ1v) is 8.75. The Morgan fingerprint density at radius 3 is 2.48 bits per heavy atom. The van der Waals surface area contributed by atoms with Gasteiger partial charge in [0.25, 0.3) is 5.91 Å². The van der Waals surface area contributed by atoms with E-state index in [4.69, 9.17) is 0 Å². The molecule has 27 heavy (non-hydrogen) atoms. The zero-order chi connectivity index (χ0) is 18.4. The van der Waals surface area contributed by atoms with Gasteiger partial charge in [-0.3, -0.25) is 9.78 Å². The lowest BCUT2D eigenvalue weighted by Gasteiger charge is -2.13. The number of benzene rings is 3. The molecule has 5 rings (SSSR count). The number of amides is 1. The highest BCUT2D eigenvalue weighted by molar-refractivity contribution is 6.02. The largest absolute Gasteiger partial charge is 0.348 e. The minimum absolute atomic E-state index is 0.0670. The molecule has 0 saturated carbocycles. The SMILES string of the molecule is O=C1NCc2cc(-c3ccc4ncccc4c3)c(-c3ccc(F)cc3)cc21. The number of pyridine rings is 1. The fraction of sp³-hybridized carbons (Fsp3) is 0.0435. The maximum atomic E-state index is 13.4. The maximum absolute atomic E-state index is 13.4. The summed E-state index contributed by atoms with van der Waals surface area (Å²) in [6.45, 7) is 0.528. The van der Waals surface area contributed by atoms with Gasteiger partial charge in [0.1, 0.15) is 5.82 Å². The molecule has 1 aromatic heterocycles. The number of carbonyl (C=O) groups is 1. The van der Waals surface area contributed by atoms with Crippen molar-refractivity contribution in [2.24, 2.45) is 0 Å². The van der Waals surface area contributed by atoms with Crippen LogP contribution in [0.1, 0.15) is 15.9 Å². The van der Waals surface area contributed by atoms with Crippen molar-refractivity contribution >= 4 is 16.8 Å². The third kappa shape index (κ3) is 2.66. The van der Waals surface area contributed by atoms with Crippen molar-refractivity contribution in [3.05, 3.63) is 89.9 Å². The van der Waals surface area contributed by atoms with Crippen LogP contribution in [-0.2, 0) is 6.54 Å². The molecule has 0 spiro atoms. The lowest BCUT2D eigenvalue weighted by Crippen LogP contribution is -2.12.